The van der Waals surface area contributed by atoms with Crippen molar-refractivity contribution in [1.29, 1.82) is 0 Å². The van der Waals surface area contributed by atoms with Crippen LogP contribution in [0.2, 0.25) is 0 Å². The van der Waals surface area contributed by atoms with Crippen molar-refractivity contribution in [1.82, 2.24) is 0 Å². The molecular weight excluding hydrogens is 456 g/mol. The Hall–Kier alpha value is -0.500. The summed E-state index contributed by atoms with van der Waals surface area (Å²) in [6.07, 6.45) is 3.88. The van der Waals surface area contributed by atoms with Gasteiger partial charge in [-0.2, -0.15) is 0 Å². The first-order valence-electron chi connectivity index (χ1n) is 14.4. The molecule has 4 aliphatic carbocycles. The summed E-state index contributed by atoms with van der Waals surface area (Å²) in [5, 5.41) is 44.6. The van der Waals surface area contributed by atoms with Crippen LogP contribution in [0.4, 0.5) is 0 Å². The SMILES string of the molecule is C[C@@H]1C[C@]2(OC[C@](C)(O)[C@H]2O)O[C@H]2C[C@@]3(C)C4=C(C[C@@H](O)[C@]3(C)[C@@H]12)[C@@]1(C)CC[C@H](O)C(C)(C)C1CC4. The molecule has 0 aromatic rings. The van der Waals surface area contributed by atoms with Crippen LogP contribution in [0, 0.1) is 39.4 Å². The van der Waals surface area contributed by atoms with Crippen LogP contribution >= 0.6 is 0 Å². The molecule has 0 amide bonds. The second kappa shape index (κ2) is 7.37. The zero-order chi connectivity index (χ0) is 26.3. The molecule has 0 bridgehead atoms. The highest BCUT2D eigenvalue weighted by Crippen LogP contribution is 2.74. The summed E-state index contributed by atoms with van der Waals surface area (Å²) in [6.45, 7) is 15.4. The standard InChI is InChI=1S/C30H48O6/c1-16-13-30(24(33)28(6,34)15-35-30)36-19-14-27(5)17-8-9-20-25(2,3)21(31)10-11-26(20,4)18(17)12-22(32)29(27,7)23(16)19/h16,19-24,31-34H,8-15H2,1-7H3/t16-,19+,20?,21+,22-,23+,24-,26-,27+,28+,29-,30+/m1/s1. The van der Waals surface area contributed by atoms with Crippen LogP contribution in [0.25, 0.3) is 0 Å². The Morgan fingerprint density at radius 2 is 1.58 bits per heavy atom. The topological polar surface area (TPSA) is 99.4 Å². The molecule has 6 aliphatic rings. The molecule has 6 rings (SSSR count). The van der Waals surface area contributed by atoms with Gasteiger partial charge in [-0.25, -0.2) is 0 Å². The van der Waals surface area contributed by atoms with Crippen molar-refractivity contribution < 1.29 is 29.9 Å². The van der Waals surface area contributed by atoms with Gasteiger partial charge in [-0.3, -0.25) is 0 Å². The van der Waals surface area contributed by atoms with Crippen LogP contribution in [-0.2, 0) is 9.47 Å². The van der Waals surface area contributed by atoms with Gasteiger partial charge in [0.05, 0.1) is 24.9 Å². The average Bonchev–Trinajstić information content (AvgIpc) is 3.15. The van der Waals surface area contributed by atoms with E-state index >= 15 is 0 Å². The molecule has 2 heterocycles. The summed E-state index contributed by atoms with van der Waals surface area (Å²) in [7, 11) is 0. The van der Waals surface area contributed by atoms with E-state index in [2.05, 4.69) is 41.5 Å². The van der Waals surface area contributed by atoms with Crippen LogP contribution in [0.1, 0.15) is 93.4 Å². The van der Waals surface area contributed by atoms with Crippen LogP contribution in [0.5, 0.6) is 0 Å². The van der Waals surface area contributed by atoms with Crippen molar-refractivity contribution >= 4 is 0 Å². The molecule has 0 aromatic carbocycles. The van der Waals surface area contributed by atoms with Gasteiger partial charge in [0, 0.05) is 11.8 Å². The summed E-state index contributed by atoms with van der Waals surface area (Å²) in [5.41, 5.74) is 0.955. The maximum atomic E-state index is 12.0. The molecule has 36 heavy (non-hydrogen) atoms. The van der Waals surface area contributed by atoms with Crippen LogP contribution in [0.3, 0.4) is 0 Å². The largest absolute Gasteiger partial charge is 0.393 e. The molecule has 2 saturated carbocycles. The smallest absolute Gasteiger partial charge is 0.198 e. The number of aliphatic hydroxyl groups excluding tert-OH is 3. The Balaban J connectivity index is 1.42. The van der Waals surface area contributed by atoms with E-state index < -0.39 is 23.6 Å². The molecule has 0 aromatic heterocycles. The van der Waals surface area contributed by atoms with Gasteiger partial charge in [0.1, 0.15) is 11.7 Å². The normalized spacial score (nSPS) is 59.9. The fourth-order valence-corrected chi connectivity index (χ4v) is 10.9. The number of hydrogen-bond acceptors (Lipinski definition) is 6. The number of fused-ring (bicyclic) bond motifs is 6. The van der Waals surface area contributed by atoms with E-state index in [0.717, 1.165) is 32.1 Å². The summed E-state index contributed by atoms with van der Waals surface area (Å²) >= 11 is 0. The highest BCUT2D eigenvalue weighted by Gasteiger charge is 2.73. The van der Waals surface area contributed by atoms with Crippen molar-refractivity contribution in [3.8, 4) is 0 Å². The van der Waals surface area contributed by atoms with Gasteiger partial charge in [0.2, 0.25) is 0 Å². The first kappa shape index (κ1) is 25.8. The lowest BCUT2D eigenvalue weighted by Gasteiger charge is -2.63. The molecule has 0 radical (unpaired) electrons. The van der Waals surface area contributed by atoms with Gasteiger partial charge in [-0.15, -0.1) is 0 Å². The van der Waals surface area contributed by atoms with Gasteiger partial charge >= 0.3 is 0 Å². The molecule has 1 unspecified atom stereocenters. The minimum atomic E-state index is -1.33. The van der Waals surface area contributed by atoms with Crippen molar-refractivity contribution in [3.63, 3.8) is 0 Å². The van der Waals surface area contributed by atoms with Crippen molar-refractivity contribution in [3.05, 3.63) is 11.1 Å². The summed E-state index contributed by atoms with van der Waals surface area (Å²) in [6, 6.07) is 0. The Morgan fingerprint density at radius 3 is 2.22 bits per heavy atom. The Morgan fingerprint density at radius 1 is 0.889 bits per heavy atom. The second-order valence-corrected chi connectivity index (χ2v) is 15.1. The van der Waals surface area contributed by atoms with E-state index in [1.165, 1.54) is 11.1 Å². The fourth-order valence-electron chi connectivity index (χ4n) is 10.9. The van der Waals surface area contributed by atoms with Crippen LogP contribution in [-0.4, -0.2) is 62.8 Å². The van der Waals surface area contributed by atoms with Crippen molar-refractivity contribution in [2.75, 3.05) is 6.61 Å². The number of allylic oxidation sites excluding steroid dienone is 1. The van der Waals surface area contributed by atoms with E-state index in [1.54, 1.807) is 6.92 Å². The lowest BCUT2D eigenvalue weighted by atomic mass is 9.42. The monoisotopic (exact) mass is 504 g/mol. The maximum Gasteiger partial charge on any atom is 0.198 e. The predicted molar refractivity (Wildman–Crippen MR) is 136 cm³/mol. The predicted octanol–water partition coefficient (Wildman–Crippen LogP) is 3.94. The number of hydrogen-bond donors (Lipinski definition) is 4. The Bertz CT molecular complexity index is 988. The highest BCUT2D eigenvalue weighted by molar-refractivity contribution is 5.41. The van der Waals surface area contributed by atoms with E-state index in [-0.39, 0.29) is 52.3 Å². The molecule has 2 saturated heterocycles. The zero-order valence-corrected chi connectivity index (χ0v) is 23.3. The molecule has 6 nitrogen and oxygen atoms in total. The highest BCUT2D eigenvalue weighted by atomic mass is 16.7. The summed E-state index contributed by atoms with van der Waals surface area (Å²) < 4.78 is 12.7. The Kier molecular flexibility index (Phi) is 5.27. The molecular formula is C30H48O6. The molecule has 4 fully saturated rings. The number of aliphatic hydroxyl groups is 4. The lowest BCUT2D eigenvalue weighted by molar-refractivity contribution is -0.314. The quantitative estimate of drug-likeness (QED) is 0.373. The third kappa shape index (κ3) is 2.85. The van der Waals surface area contributed by atoms with Crippen LogP contribution < -0.4 is 0 Å². The second-order valence-electron chi connectivity index (χ2n) is 15.1. The van der Waals surface area contributed by atoms with Gasteiger partial charge in [0.25, 0.3) is 0 Å². The lowest BCUT2D eigenvalue weighted by Crippen LogP contribution is -2.61. The minimum Gasteiger partial charge on any atom is -0.393 e. The summed E-state index contributed by atoms with van der Waals surface area (Å²) in [4.78, 5) is 0. The number of rotatable bonds is 0. The van der Waals surface area contributed by atoms with E-state index in [1.807, 2.05) is 0 Å². The van der Waals surface area contributed by atoms with E-state index in [4.69, 9.17) is 9.47 Å². The first-order valence-corrected chi connectivity index (χ1v) is 14.4. The summed E-state index contributed by atoms with van der Waals surface area (Å²) in [5.74, 6) is -0.459. The van der Waals surface area contributed by atoms with Crippen molar-refractivity contribution in [2.24, 2.45) is 39.4 Å². The molecule has 4 N–H and O–H groups in total. The molecule has 1 spiro atoms. The third-order valence-electron chi connectivity index (χ3n) is 13.0. The van der Waals surface area contributed by atoms with Gasteiger partial charge in [-0.1, -0.05) is 52.7 Å². The van der Waals surface area contributed by atoms with Gasteiger partial charge in [-0.05, 0) is 79.4 Å². The van der Waals surface area contributed by atoms with Gasteiger partial charge < -0.3 is 29.9 Å². The molecule has 2 aliphatic heterocycles. The van der Waals surface area contributed by atoms with Gasteiger partial charge in [0.15, 0.2) is 5.79 Å². The minimum absolute atomic E-state index is 0.00739. The van der Waals surface area contributed by atoms with Crippen molar-refractivity contribution in [2.45, 2.75) is 129 Å². The first-order chi connectivity index (χ1) is 16.5. The average molecular weight is 505 g/mol. The molecule has 204 valence electrons. The van der Waals surface area contributed by atoms with E-state index in [9.17, 15) is 20.4 Å². The number of ether oxygens (including phenoxy) is 2. The fraction of sp³-hybridized carbons (Fsp3) is 0.933. The van der Waals surface area contributed by atoms with E-state index in [0.29, 0.717) is 18.8 Å². The molecule has 12 atom stereocenters. The zero-order valence-electron chi connectivity index (χ0n) is 23.3. The molecule has 6 heteroatoms. The maximum absolute atomic E-state index is 12.0. The Labute approximate surface area is 216 Å². The third-order valence-corrected chi connectivity index (χ3v) is 13.0. The van der Waals surface area contributed by atoms with Crippen LogP contribution in [0.15, 0.2) is 11.1 Å².